The summed E-state index contributed by atoms with van der Waals surface area (Å²) in [5, 5.41) is 2.98. The number of nitrogens with zero attached hydrogens (tertiary/aromatic N) is 2. The largest absolute Gasteiger partial charge is 0.497 e. The normalized spacial score (nSPS) is 17.3. The number of carbonyl (C=O) groups is 3. The third kappa shape index (κ3) is 4.97. The minimum absolute atomic E-state index is 0.139. The van der Waals surface area contributed by atoms with Crippen LogP contribution in [0, 0.1) is 5.82 Å². The minimum Gasteiger partial charge on any atom is -0.497 e. The molecule has 4 rings (SSSR count). The summed E-state index contributed by atoms with van der Waals surface area (Å²) in [6.45, 7) is 3.45. The number of nitrogens with one attached hydrogen (secondary N) is 1. The number of benzene rings is 2. The number of carbonyl (C=O) groups excluding carboxylic acids is 3. The number of hydrogen-bond donors (Lipinski definition) is 1. The second-order valence-electron chi connectivity index (χ2n) is 7.57. The van der Waals surface area contributed by atoms with E-state index in [4.69, 9.17) is 9.47 Å². The predicted octanol–water partition coefficient (Wildman–Crippen LogP) is 4.18. The zero-order valence-corrected chi connectivity index (χ0v) is 20.0. The van der Waals surface area contributed by atoms with Crippen molar-refractivity contribution >= 4 is 40.4 Å². The molecule has 0 spiro atoms. The van der Waals surface area contributed by atoms with E-state index in [-0.39, 0.29) is 22.3 Å². The fourth-order valence-electron chi connectivity index (χ4n) is 3.71. The first-order valence-corrected chi connectivity index (χ1v) is 11.5. The molecule has 2 heterocycles. The summed E-state index contributed by atoms with van der Waals surface area (Å²) in [6.07, 6.45) is 1.20. The zero-order valence-electron chi connectivity index (χ0n) is 19.2. The average molecular weight is 496 g/mol. The van der Waals surface area contributed by atoms with Gasteiger partial charge in [0.15, 0.2) is 5.17 Å². The lowest BCUT2D eigenvalue weighted by Crippen LogP contribution is -2.45. The fourth-order valence-corrected chi connectivity index (χ4v) is 4.68. The molecule has 10 heteroatoms. The molecule has 2 aromatic carbocycles. The molecule has 1 N–H and O–H groups in total. The number of ether oxygens (including phenoxy) is 2. The molecule has 0 unspecified atom stereocenters. The summed E-state index contributed by atoms with van der Waals surface area (Å²) in [5.74, 6) is -1.44. The number of esters is 1. The number of thioether (sulfide) groups is 1. The van der Waals surface area contributed by atoms with Crippen LogP contribution in [-0.4, -0.2) is 41.6 Å². The van der Waals surface area contributed by atoms with Crippen molar-refractivity contribution in [1.82, 2.24) is 4.90 Å². The Balaban J connectivity index is 1.69. The monoisotopic (exact) mass is 495 g/mol. The molecule has 0 saturated heterocycles. The summed E-state index contributed by atoms with van der Waals surface area (Å²) < 4.78 is 23.9. The van der Waals surface area contributed by atoms with Crippen molar-refractivity contribution in [2.24, 2.45) is 4.99 Å². The predicted molar refractivity (Wildman–Crippen MR) is 130 cm³/mol. The van der Waals surface area contributed by atoms with Gasteiger partial charge in [-0.25, -0.2) is 14.2 Å². The van der Waals surface area contributed by atoms with E-state index in [2.05, 4.69) is 10.3 Å². The molecule has 8 nitrogen and oxygen atoms in total. The van der Waals surface area contributed by atoms with Crippen molar-refractivity contribution in [2.75, 3.05) is 19.0 Å². The molecule has 0 saturated carbocycles. The molecule has 2 aliphatic heterocycles. The topological polar surface area (TPSA) is 97.3 Å². The van der Waals surface area contributed by atoms with Crippen LogP contribution in [-0.2, 0) is 19.1 Å². The maximum absolute atomic E-state index is 13.6. The Kier molecular flexibility index (Phi) is 7.02. The number of rotatable bonds is 6. The maximum atomic E-state index is 13.6. The van der Waals surface area contributed by atoms with Crippen molar-refractivity contribution in [3.63, 3.8) is 0 Å². The number of amidine groups is 1. The van der Waals surface area contributed by atoms with Gasteiger partial charge in [0.1, 0.15) is 11.6 Å². The van der Waals surface area contributed by atoms with Crippen LogP contribution in [0.3, 0.4) is 0 Å². The van der Waals surface area contributed by atoms with Gasteiger partial charge < -0.3 is 14.8 Å². The van der Waals surface area contributed by atoms with Crippen molar-refractivity contribution < 1.29 is 28.2 Å². The van der Waals surface area contributed by atoms with Crippen LogP contribution in [0.5, 0.6) is 5.75 Å². The van der Waals surface area contributed by atoms with Gasteiger partial charge in [-0.15, -0.1) is 0 Å². The van der Waals surface area contributed by atoms with E-state index in [0.29, 0.717) is 22.7 Å². The van der Waals surface area contributed by atoms with Crippen LogP contribution in [0.25, 0.3) is 0 Å². The van der Waals surface area contributed by atoms with Gasteiger partial charge >= 0.3 is 5.97 Å². The molecule has 35 heavy (non-hydrogen) atoms. The SMILES string of the molecule is CCOC(=O)C1=C(C)N=C2SC(C(=O)Nc3ccc(OC)cc3)=CC(=O)N2[C@H]1c1ccc(F)cc1. The lowest BCUT2D eigenvalue weighted by atomic mass is 9.94. The highest BCUT2D eigenvalue weighted by Gasteiger charge is 2.42. The van der Waals surface area contributed by atoms with Crippen molar-refractivity contribution in [3.8, 4) is 5.75 Å². The molecule has 0 bridgehead atoms. The van der Waals surface area contributed by atoms with Gasteiger partial charge in [-0.2, -0.15) is 0 Å². The van der Waals surface area contributed by atoms with E-state index < -0.39 is 29.6 Å². The summed E-state index contributed by atoms with van der Waals surface area (Å²) in [4.78, 5) is 44.9. The van der Waals surface area contributed by atoms with E-state index >= 15 is 0 Å². The number of fused-ring (bicyclic) bond motifs is 1. The highest BCUT2D eigenvalue weighted by Crippen LogP contribution is 2.42. The third-order valence-electron chi connectivity index (χ3n) is 5.34. The summed E-state index contributed by atoms with van der Waals surface area (Å²) in [6, 6.07) is 11.4. The van der Waals surface area contributed by atoms with Gasteiger partial charge in [0.05, 0.1) is 35.9 Å². The molecule has 2 aromatic rings. The van der Waals surface area contributed by atoms with Crippen LogP contribution in [0.15, 0.2) is 75.8 Å². The Morgan fingerprint density at radius 2 is 1.83 bits per heavy atom. The van der Waals surface area contributed by atoms with Gasteiger partial charge in [0.2, 0.25) is 0 Å². The molecule has 2 aliphatic rings. The van der Waals surface area contributed by atoms with E-state index in [9.17, 15) is 18.8 Å². The standard InChI is InChI=1S/C25H22FN3O5S/c1-4-34-24(32)21-14(2)27-25-29(22(21)15-5-7-16(26)8-6-15)20(30)13-19(35-25)23(31)28-17-9-11-18(33-3)12-10-17/h5-13,22H,4H2,1-3H3,(H,28,31)/t22-/m0/s1. The quantitative estimate of drug-likeness (QED) is 0.604. The maximum Gasteiger partial charge on any atom is 0.338 e. The van der Waals surface area contributed by atoms with Crippen molar-refractivity contribution in [2.45, 2.75) is 19.9 Å². The van der Waals surface area contributed by atoms with E-state index in [1.807, 2.05) is 0 Å². The van der Waals surface area contributed by atoms with E-state index in [0.717, 1.165) is 11.8 Å². The molecule has 1 atom stereocenters. The van der Waals surface area contributed by atoms with Gasteiger partial charge in [-0.3, -0.25) is 14.5 Å². The second kappa shape index (κ2) is 10.1. The van der Waals surface area contributed by atoms with Gasteiger partial charge in [0.25, 0.3) is 11.8 Å². The number of methoxy groups -OCH3 is 1. The van der Waals surface area contributed by atoms with E-state index in [1.165, 1.54) is 35.2 Å². The third-order valence-corrected chi connectivity index (χ3v) is 6.33. The average Bonchev–Trinajstić information content (AvgIpc) is 2.84. The second-order valence-corrected chi connectivity index (χ2v) is 8.58. The number of halogens is 1. The number of aliphatic imine (C=N–C) groups is 1. The molecule has 0 radical (unpaired) electrons. The first-order chi connectivity index (χ1) is 16.8. The Morgan fingerprint density at radius 3 is 2.46 bits per heavy atom. The highest BCUT2D eigenvalue weighted by molar-refractivity contribution is 8.18. The van der Waals surface area contributed by atoms with Crippen molar-refractivity contribution in [3.05, 3.63) is 82.2 Å². The number of anilines is 1. The van der Waals surface area contributed by atoms with Gasteiger partial charge in [0, 0.05) is 11.8 Å². The van der Waals surface area contributed by atoms with Crippen LogP contribution < -0.4 is 10.1 Å². The van der Waals surface area contributed by atoms with Crippen molar-refractivity contribution in [1.29, 1.82) is 0 Å². The Hall–Kier alpha value is -3.92. The first kappa shape index (κ1) is 24.2. The summed E-state index contributed by atoms with van der Waals surface area (Å²) in [7, 11) is 1.54. The van der Waals surface area contributed by atoms with Crippen LogP contribution >= 0.6 is 11.8 Å². The lowest BCUT2D eigenvalue weighted by Gasteiger charge is -2.38. The molecule has 0 aromatic heterocycles. The number of allylic oxidation sites excluding steroid dienone is 1. The molecular formula is C25H22FN3O5S. The van der Waals surface area contributed by atoms with Crippen LogP contribution in [0.1, 0.15) is 25.5 Å². The Morgan fingerprint density at radius 1 is 1.14 bits per heavy atom. The Bertz CT molecular complexity index is 1270. The molecule has 180 valence electrons. The van der Waals surface area contributed by atoms with Gasteiger partial charge in [-0.1, -0.05) is 12.1 Å². The number of hydrogen-bond acceptors (Lipinski definition) is 7. The summed E-state index contributed by atoms with van der Waals surface area (Å²) in [5.41, 5.74) is 1.56. The fraction of sp³-hybridized carbons (Fsp3) is 0.200. The minimum atomic E-state index is -0.885. The molecule has 0 fully saturated rings. The lowest BCUT2D eigenvalue weighted by molar-refractivity contribution is -0.139. The number of amides is 2. The molecule has 2 amide bonds. The Labute approximate surface area is 205 Å². The first-order valence-electron chi connectivity index (χ1n) is 10.7. The van der Waals surface area contributed by atoms with Gasteiger partial charge in [-0.05, 0) is 67.6 Å². The summed E-state index contributed by atoms with van der Waals surface area (Å²) >= 11 is 1.01. The smallest absolute Gasteiger partial charge is 0.338 e. The van der Waals surface area contributed by atoms with E-state index in [1.54, 1.807) is 45.2 Å². The molecular weight excluding hydrogens is 473 g/mol. The highest BCUT2D eigenvalue weighted by atomic mass is 32.2. The van der Waals surface area contributed by atoms with Crippen LogP contribution in [0.4, 0.5) is 10.1 Å². The van der Waals surface area contributed by atoms with Crippen LogP contribution in [0.2, 0.25) is 0 Å². The zero-order chi connectivity index (χ0) is 25.1. The molecule has 0 aliphatic carbocycles.